The van der Waals surface area contributed by atoms with E-state index in [1.54, 1.807) is 16.7 Å². The number of halogens is 1. The van der Waals surface area contributed by atoms with Gasteiger partial charge in [-0.05, 0) is 43.6 Å². The van der Waals surface area contributed by atoms with E-state index in [4.69, 9.17) is 11.6 Å². The summed E-state index contributed by atoms with van der Waals surface area (Å²) in [6.45, 7) is 6.64. The van der Waals surface area contributed by atoms with Gasteiger partial charge in [0.25, 0.3) is 0 Å². The highest BCUT2D eigenvalue weighted by atomic mass is 35.5. The number of likely N-dealkylation sites (tertiary alicyclic amines) is 1. The third kappa shape index (κ3) is 4.68. The van der Waals surface area contributed by atoms with Crippen LogP contribution in [0.4, 0.5) is 4.79 Å². The molecule has 1 unspecified atom stereocenters. The second-order valence-corrected chi connectivity index (χ2v) is 7.43. The summed E-state index contributed by atoms with van der Waals surface area (Å²) >= 11 is 6.02. The van der Waals surface area contributed by atoms with Gasteiger partial charge in [0.1, 0.15) is 0 Å². The lowest BCUT2D eigenvalue weighted by Gasteiger charge is -2.35. The zero-order valence-corrected chi connectivity index (χ0v) is 16.0. The molecule has 3 rings (SSSR count). The molecule has 0 saturated carbocycles. The van der Waals surface area contributed by atoms with Crippen LogP contribution in [0.3, 0.4) is 0 Å². The van der Waals surface area contributed by atoms with Crippen LogP contribution in [0.2, 0.25) is 5.02 Å². The number of piperazine rings is 1. The average Bonchev–Trinajstić information content (AvgIpc) is 3.17. The molecule has 1 aromatic rings. The van der Waals surface area contributed by atoms with Gasteiger partial charge in [0, 0.05) is 44.7 Å². The number of hydrogen-bond donors (Lipinski definition) is 1. The lowest BCUT2D eigenvalue weighted by atomic mass is 10.1. The van der Waals surface area contributed by atoms with Crippen LogP contribution < -0.4 is 5.32 Å². The molecule has 1 atom stereocenters. The minimum atomic E-state index is -0.0497. The van der Waals surface area contributed by atoms with Crippen LogP contribution in [-0.2, 0) is 4.79 Å². The molecular formula is C19H27ClN4O2. The number of urea groups is 1. The number of nitrogens with zero attached hydrogens (tertiary/aromatic N) is 3. The lowest BCUT2D eigenvalue weighted by Crippen LogP contribution is -2.53. The topological polar surface area (TPSA) is 55.9 Å². The van der Waals surface area contributed by atoms with Gasteiger partial charge in [-0.3, -0.25) is 9.69 Å². The van der Waals surface area contributed by atoms with Crippen LogP contribution in [0.25, 0.3) is 0 Å². The molecule has 1 aromatic carbocycles. The maximum atomic E-state index is 12.6. The smallest absolute Gasteiger partial charge is 0.317 e. The molecule has 2 saturated heterocycles. The third-order valence-electron chi connectivity index (χ3n) is 5.30. The Morgan fingerprint density at radius 2 is 1.58 bits per heavy atom. The van der Waals surface area contributed by atoms with E-state index in [0.29, 0.717) is 32.7 Å². The van der Waals surface area contributed by atoms with Gasteiger partial charge in [0.15, 0.2) is 0 Å². The van der Waals surface area contributed by atoms with Gasteiger partial charge in [0.05, 0.1) is 6.04 Å². The van der Waals surface area contributed by atoms with Crippen molar-refractivity contribution in [1.29, 1.82) is 0 Å². The van der Waals surface area contributed by atoms with Crippen LogP contribution in [0.1, 0.15) is 31.4 Å². The van der Waals surface area contributed by atoms with Crippen molar-refractivity contribution in [3.05, 3.63) is 34.9 Å². The van der Waals surface area contributed by atoms with E-state index in [9.17, 15) is 9.59 Å². The summed E-state index contributed by atoms with van der Waals surface area (Å²) < 4.78 is 0. The number of hydrogen-bond acceptors (Lipinski definition) is 3. The van der Waals surface area contributed by atoms with Crippen molar-refractivity contribution in [2.24, 2.45) is 0 Å². The Labute approximate surface area is 160 Å². The summed E-state index contributed by atoms with van der Waals surface area (Å²) in [5.74, 6) is 0.0712. The van der Waals surface area contributed by atoms with Gasteiger partial charge in [-0.15, -0.1) is 0 Å². The van der Waals surface area contributed by atoms with Crippen LogP contribution >= 0.6 is 11.6 Å². The Kier molecular flexibility index (Phi) is 6.38. The SMILES string of the molecule is CC(=O)N1CCN(C(=O)NCC(c2ccc(Cl)cc2)N2CCCC2)CC1. The highest BCUT2D eigenvalue weighted by molar-refractivity contribution is 6.30. The first-order chi connectivity index (χ1) is 12.5. The summed E-state index contributed by atoms with van der Waals surface area (Å²) in [5.41, 5.74) is 1.18. The highest BCUT2D eigenvalue weighted by Gasteiger charge is 2.26. The summed E-state index contributed by atoms with van der Waals surface area (Å²) in [4.78, 5) is 30.0. The molecule has 7 heteroatoms. The van der Waals surface area contributed by atoms with E-state index in [1.807, 2.05) is 24.3 Å². The molecule has 2 aliphatic rings. The first-order valence-corrected chi connectivity index (χ1v) is 9.70. The molecule has 142 valence electrons. The molecule has 2 aliphatic heterocycles. The largest absolute Gasteiger partial charge is 0.339 e. The number of amides is 3. The van der Waals surface area contributed by atoms with E-state index >= 15 is 0 Å². The van der Waals surface area contributed by atoms with E-state index in [2.05, 4.69) is 10.2 Å². The zero-order valence-electron chi connectivity index (χ0n) is 15.3. The van der Waals surface area contributed by atoms with E-state index < -0.39 is 0 Å². The molecule has 3 amide bonds. The summed E-state index contributed by atoms with van der Waals surface area (Å²) in [6.07, 6.45) is 2.40. The normalized spacial score (nSPS) is 19.5. The fraction of sp³-hybridized carbons (Fsp3) is 0.579. The number of carbonyl (C=O) groups excluding carboxylic acids is 2. The van der Waals surface area contributed by atoms with E-state index in [-0.39, 0.29) is 18.0 Å². The second kappa shape index (κ2) is 8.73. The summed E-state index contributed by atoms with van der Waals surface area (Å²) in [7, 11) is 0. The van der Waals surface area contributed by atoms with Gasteiger partial charge < -0.3 is 15.1 Å². The number of benzene rings is 1. The van der Waals surface area contributed by atoms with Crippen LogP contribution in [0.15, 0.2) is 24.3 Å². The van der Waals surface area contributed by atoms with E-state index in [0.717, 1.165) is 18.1 Å². The molecule has 2 heterocycles. The number of carbonyl (C=O) groups is 2. The minimum Gasteiger partial charge on any atom is -0.339 e. The fourth-order valence-electron chi connectivity index (χ4n) is 3.72. The molecule has 2 fully saturated rings. The average molecular weight is 379 g/mol. The number of rotatable bonds is 4. The van der Waals surface area contributed by atoms with Gasteiger partial charge in [-0.2, -0.15) is 0 Å². The van der Waals surface area contributed by atoms with Gasteiger partial charge >= 0.3 is 6.03 Å². The monoisotopic (exact) mass is 378 g/mol. The van der Waals surface area contributed by atoms with Crippen LogP contribution in [0, 0.1) is 0 Å². The van der Waals surface area contributed by atoms with Crippen molar-refractivity contribution in [3.8, 4) is 0 Å². The first-order valence-electron chi connectivity index (χ1n) is 9.32. The van der Waals surface area contributed by atoms with Crippen LogP contribution in [0.5, 0.6) is 0 Å². The molecule has 0 aromatic heterocycles. The summed E-state index contributed by atoms with van der Waals surface area (Å²) in [6, 6.07) is 8.01. The third-order valence-corrected chi connectivity index (χ3v) is 5.55. The van der Waals surface area contributed by atoms with Crippen molar-refractivity contribution in [2.45, 2.75) is 25.8 Å². The van der Waals surface area contributed by atoms with Gasteiger partial charge in [0.2, 0.25) is 5.91 Å². The minimum absolute atomic E-state index is 0.0497. The Hall–Kier alpha value is -1.79. The van der Waals surface area contributed by atoms with Crippen molar-refractivity contribution < 1.29 is 9.59 Å². The maximum Gasteiger partial charge on any atom is 0.317 e. The summed E-state index contributed by atoms with van der Waals surface area (Å²) in [5, 5.41) is 3.82. The molecule has 1 N–H and O–H groups in total. The zero-order chi connectivity index (χ0) is 18.5. The molecule has 0 aliphatic carbocycles. The second-order valence-electron chi connectivity index (χ2n) is 6.99. The quantitative estimate of drug-likeness (QED) is 0.875. The Morgan fingerprint density at radius 3 is 2.15 bits per heavy atom. The predicted octanol–water partition coefficient (Wildman–Crippen LogP) is 2.35. The predicted molar refractivity (Wildman–Crippen MR) is 102 cm³/mol. The standard InChI is InChI=1S/C19H27ClN4O2/c1-15(25)22-10-12-24(13-11-22)19(26)21-14-18(23-8-2-3-9-23)16-4-6-17(20)7-5-16/h4-7,18H,2-3,8-14H2,1H3,(H,21,26). The molecule has 6 nitrogen and oxygen atoms in total. The van der Waals surface area contributed by atoms with Gasteiger partial charge in [-0.25, -0.2) is 4.79 Å². The molecular weight excluding hydrogens is 352 g/mol. The van der Waals surface area contributed by atoms with Crippen molar-refractivity contribution in [3.63, 3.8) is 0 Å². The first kappa shape index (κ1) is 19.0. The lowest BCUT2D eigenvalue weighted by molar-refractivity contribution is -0.130. The molecule has 26 heavy (non-hydrogen) atoms. The Balaban J connectivity index is 1.58. The van der Waals surface area contributed by atoms with Crippen LogP contribution in [-0.4, -0.2) is 72.5 Å². The maximum absolute atomic E-state index is 12.6. The van der Waals surface area contributed by atoms with Crippen molar-refractivity contribution in [1.82, 2.24) is 20.0 Å². The fourth-order valence-corrected chi connectivity index (χ4v) is 3.84. The van der Waals surface area contributed by atoms with Gasteiger partial charge in [-0.1, -0.05) is 23.7 Å². The Bertz CT molecular complexity index is 623. The van der Waals surface area contributed by atoms with Crippen molar-refractivity contribution in [2.75, 3.05) is 45.8 Å². The van der Waals surface area contributed by atoms with E-state index in [1.165, 1.54) is 18.4 Å². The molecule has 0 radical (unpaired) electrons. The molecule has 0 bridgehead atoms. The molecule has 0 spiro atoms. The highest BCUT2D eigenvalue weighted by Crippen LogP contribution is 2.25. The van der Waals surface area contributed by atoms with Crippen molar-refractivity contribution >= 4 is 23.5 Å². The Morgan fingerprint density at radius 1 is 1.00 bits per heavy atom. The number of nitrogens with one attached hydrogen (secondary N) is 1.